The Morgan fingerprint density at radius 1 is 1.07 bits per heavy atom. The molecule has 0 fully saturated rings. The summed E-state index contributed by atoms with van der Waals surface area (Å²) in [6, 6.07) is 10.2. The molecule has 6 nitrogen and oxygen atoms in total. The van der Waals surface area contributed by atoms with Gasteiger partial charge in [0, 0.05) is 5.69 Å². The molecule has 0 aliphatic carbocycles. The van der Waals surface area contributed by atoms with Gasteiger partial charge < -0.3 is 10.1 Å². The molecule has 0 saturated carbocycles. The highest BCUT2D eigenvalue weighted by Gasteiger charge is 2.26. The van der Waals surface area contributed by atoms with E-state index in [4.69, 9.17) is 4.74 Å². The first kappa shape index (κ1) is 20.9. The Labute approximate surface area is 158 Å². The van der Waals surface area contributed by atoms with Crippen LogP contribution in [0.3, 0.4) is 0 Å². The zero-order valence-corrected chi connectivity index (χ0v) is 16.2. The lowest BCUT2D eigenvalue weighted by molar-refractivity contribution is -0.118. The van der Waals surface area contributed by atoms with Gasteiger partial charge in [-0.1, -0.05) is 13.8 Å². The van der Waals surface area contributed by atoms with Crippen LogP contribution in [0.25, 0.3) is 0 Å². The molecule has 0 aromatic heterocycles. The number of carbonyl (C=O) groups excluding carboxylic acids is 1. The van der Waals surface area contributed by atoms with Crippen molar-refractivity contribution in [2.24, 2.45) is 5.92 Å². The number of carbonyl (C=O) groups is 1. The quantitative estimate of drug-likeness (QED) is 0.720. The van der Waals surface area contributed by atoms with E-state index in [1.165, 1.54) is 55.6 Å². The standard InChI is InChI=1S/C19H23FN2O4S/c1-13(2)12-18(19(23)21-15-6-4-14(20)5-7-15)22-27(24,25)17-10-8-16(26-3)9-11-17/h4-11,13,18,22H,12H2,1-3H3,(H,21,23)/t18-/m0/s1. The van der Waals surface area contributed by atoms with Crippen LogP contribution in [0.5, 0.6) is 5.75 Å². The number of nitrogens with one attached hydrogen (secondary N) is 2. The molecule has 2 rings (SSSR count). The minimum absolute atomic E-state index is 0.0339. The van der Waals surface area contributed by atoms with Gasteiger partial charge in [0.25, 0.3) is 0 Å². The summed E-state index contributed by atoms with van der Waals surface area (Å²) < 4.78 is 45.8. The molecular weight excluding hydrogens is 371 g/mol. The molecule has 0 bridgehead atoms. The maximum Gasteiger partial charge on any atom is 0.242 e. The predicted octanol–water partition coefficient (Wildman–Crippen LogP) is 3.17. The highest BCUT2D eigenvalue weighted by molar-refractivity contribution is 7.89. The lowest BCUT2D eigenvalue weighted by Crippen LogP contribution is -2.44. The third kappa shape index (κ3) is 6.04. The second kappa shape index (κ2) is 8.96. The van der Waals surface area contributed by atoms with Gasteiger partial charge in [-0.05, 0) is 60.9 Å². The van der Waals surface area contributed by atoms with Crippen LogP contribution < -0.4 is 14.8 Å². The summed E-state index contributed by atoms with van der Waals surface area (Å²) in [5.41, 5.74) is 0.388. The summed E-state index contributed by atoms with van der Waals surface area (Å²) in [5, 5.41) is 2.61. The van der Waals surface area contributed by atoms with Crippen LogP contribution in [0.2, 0.25) is 0 Å². The van der Waals surface area contributed by atoms with Crippen molar-refractivity contribution in [3.63, 3.8) is 0 Å². The fraction of sp³-hybridized carbons (Fsp3) is 0.316. The van der Waals surface area contributed by atoms with E-state index in [2.05, 4.69) is 10.0 Å². The first-order chi connectivity index (χ1) is 12.7. The van der Waals surface area contributed by atoms with Crippen molar-refractivity contribution in [1.82, 2.24) is 4.72 Å². The van der Waals surface area contributed by atoms with Gasteiger partial charge in [-0.3, -0.25) is 4.79 Å². The molecule has 2 aromatic carbocycles. The van der Waals surface area contributed by atoms with Crippen LogP contribution in [0.1, 0.15) is 20.3 Å². The number of anilines is 1. The van der Waals surface area contributed by atoms with Crippen molar-refractivity contribution in [2.45, 2.75) is 31.2 Å². The molecule has 8 heteroatoms. The number of halogens is 1. The Morgan fingerprint density at radius 3 is 2.19 bits per heavy atom. The van der Waals surface area contributed by atoms with E-state index in [1.54, 1.807) is 0 Å². The molecule has 2 N–H and O–H groups in total. The third-order valence-electron chi connectivity index (χ3n) is 3.80. The zero-order valence-electron chi connectivity index (χ0n) is 15.4. The van der Waals surface area contributed by atoms with E-state index in [1.807, 2.05) is 13.8 Å². The zero-order chi connectivity index (χ0) is 20.0. The SMILES string of the molecule is COc1ccc(S(=O)(=O)N[C@@H](CC(C)C)C(=O)Nc2ccc(F)cc2)cc1. The molecule has 0 heterocycles. The number of methoxy groups -OCH3 is 1. The predicted molar refractivity (Wildman–Crippen MR) is 102 cm³/mol. The minimum atomic E-state index is -3.90. The Balaban J connectivity index is 2.18. The fourth-order valence-corrected chi connectivity index (χ4v) is 3.66. The molecule has 1 amide bonds. The van der Waals surface area contributed by atoms with Crippen LogP contribution in [-0.4, -0.2) is 27.5 Å². The lowest BCUT2D eigenvalue weighted by Gasteiger charge is -2.20. The number of amides is 1. The van der Waals surface area contributed by atoms with E-state index in [0.29, 0.717) is 17.9 Å². The highest BCUT2D eigenvalue weighted by atomic mass is 32.2. The molecule has 146 valence electrons. The van der Waals surface area contributed by atoms with Gasteiger partial charge in [-0.2, -0.15) is 4.72 Å². The van der Waals surface area contributed by atoms with Crippen molar-refractivity contribution in [3.8, 4) is 5.75 Å². The van der Waals surface area contributed by atoms with Crippen LogP contribution in [0.15, 0.2) is 53.4 Å². The summed E-state index contributed by atoms with van der Waals surface area (Å²) in [6.07, 6.45) is 0.308. The van der Waals surface area contributed by atoms with Gasteiger partial charge in [0.05, 0.1) is 12.0 Å². The van der Waals surface area contributed by atoms with Crippen molar-refractivity contribution >= 4 is 21.6 Å². The maximum absolute atomic E-state index is 13.0. The normalized spacial score (nSPS) is 12.6. The summed E-state index contributed by atoms with van der Waals surface area (Å²) >= 11 is 0. The second-order valence-corrected chi connectivity index (χ2v) is 8.19. The number of rotatable bonds is 8. The van der Waals surface area contributed by atoms with E-state index in [-0.39, 0.29) is 10.8 Å². The Bertz CT molecular complexity index is 866. The Morgan fingerprint density at radius 2 is 1.67 bits per heavy atom. The van der Waals surface area contributed by atoms with E-state index in [9.17, 15) is 17.6 Å². The smallest absolute Gasteiger partial charge is 0.242 e. The van der Waals surface area contributed by atoms with E-state index in [0.717, 1.165) is 0 Å². The first-order valence-electron chi connectivity index (χ1n) is 8.44. The van der Waals surface area contributed by atoms with Gasteiger partial charge in [0.15, 0.2) is 0 Å². The Kier molecular flexibility index (Phi) is 6.92. The van der Waals surface area contributed by atoms with Crippen molar-refractivity contribution in [2.75, 3.05) is 12.4 Å². The van der Waals surface area contributed by atoms with Gasteiger partial charge in [-0.15, -0.1) is 0 Å². The van der Waals surface area contributed by atoms with E-state index < -0.39 is 27.8 Å². The van der Waals surface area contributed by atoms with Gasteiger partial charge in [0.1, 0.15) is 17.6 Å². The number of hydrogen-bond donors (Lipinski definition) is 2. The third-order valence-corrected chi connectivity index (χ3v) is 5.29. The minimum Gasteiger partial charge on any atom is -0.497 e. The summed E-state index contributed by atoms with van der Waals surface area (Å²) in [5.74, 6) is -0.325. The molecule has 2 aromatic rings. The topological polar surface area (TPSA) is 84.5 Å². The van der Waals surface area contributed by atoms with E-state index >= 15 is 0 Å². The number of benzene rings is 2. The highest BCUT2D eigenvalue weighted by Crippen LogP contribution is 2.18. The van der Waals surface area contributed by atoms with Crippen LogP contribution in [0, 0.1) is 11.7 Å². The average Bonchev–Trinajstić information content (AvgIpc) is 2.62. The summed E-state index contributed by atoms with van der Waals surface area (Å²) in [7, 11) is -2.41. The maximum atomic E-state index is 13.0. The van der Waals surface area contributed by atoms with Crippen LogP contribution in [-0.2, 0) is 14.8 Å². The molecular formula is C19H23FN2O4S. The first-order valence-corrected chi connectivity index (χ1v) is 9.92. The molecule has 27 heavy (non-hydrogen) atoms. The molecule has 0 saturated heterocycles. The number of hydrogen-bond acceptors (Lipinski definition) is 4. The monoisotopic (exact) mass is 394 g/mol. The van der Waals surface area contributed by atoms with Crippen molar-refractivity contribution < 1.29 is 22.3 Å². The van der Waals surface area contributed by atoms with Crippen LogP contribution >= 0.6 is 0 Å². The van der Waals surface area contributed by atoms with Gasteiger partial charge in [0.2, 0.25) is 15.9 Å². The molecule has 0 radical (unpaired) electrons. The van der Waals surface area contributed by atoms with Crippen molar-refractivity contribution in [3.05, 3.63) is 54.3 Å². The largest absolute Gasteiger partial charge is 0.497 e. The molecule has 1 atom stereocenters. The number of ether oxygens (including phenoxy) is 1. The average molecular weight is 394 g/mol. The summed E-state index contributed by atoms with van der Waals surface area (Å²) in [4.78, 5) is 12.6. The molecule has 0 aliphatic rings. The Hall–Kier alpha value is -2.45. The molecule has 0 spiro atoms. The van der Waals surface area contributed by atoms with Gasteiger partial charge >= 0.3 is 0 Å². The lowest BCUT2D eigenvalue weighted by atomic mass is 10.0. The summed E-state index contributed by atoms with van der Waals surface area (Å²) in [6.45, 7) is 3.78. The van der Waals surface area contributed by atoms with Crippen molar-refractivity contribution in [1.29, 1.82) is 0 Å². The fourth-order valence-electron chi connectivity index (χ4n) is 2.45. The molecule has 0 unspecified atom stereocenters. The number of sulfonamides is 1. The second-order valence-electron chi connectivity index (χ2n) is 6.48. The van der Waals surface area contributed by atoms with Crippen LogP contribution in [0.4, 0.5) is 10.1 Å². The molecule has 0 aliphatic heterocycles. The van der Waals surface area contributed by atoms with Gasteiger partial charge in [-0.25, -0.2) is 12.8 Å².